The molecule has 1 unspecified atom stereocenters. The molecule has 0 heterocycles. The van der Waals surface area contributed by atoms with E-state index >= 15 is 0 Å². The zero-order valence-electron chi connectivity index (χ0n) is 16.3. The van der Waals surface area contributed by atoms with Crippen molar-refractivity contribution in [1.29, 1.82) is 0 Å². The van der Waals surface area contributed by atoms with E-state index in [0.717, 1.165) is 17.1 Å². The van der Waals surface area contributed by atoms with Crippen LogP contribution in [0.4, 0.5) is 0 Å². The van der Waals surface area contributed by atoms with Crippen LogP contribution in [-0.4, -0.2) is 7.11 Å². The van der Waals surface area contributed by atoms with Gasteiger partial charge in [0, 0.05) is 12.7 Å². The van der Waals surface area contributed by atoms with E-state index in [0.29, 0.717) is 0 Å². The normalized spacial score (nSPS) is 13.4. The quantitative estimate of drug-likeness (QED) is 0.561. The first-order valence-electron chi connectivity index (χ1n) is 8.51. The van der Waals surface area contributed by atoms with Crippen molar-refractivity contribution in [1.82, 2.24) is 0 Å². The largest absolute Gasteiger partial charge is 0.462 e. The lowest BCUT2D eigenvalue weighted by Gasteiger charge is -2.24. The van der Waals surface area contributed by atoms with E-state index in [2.05, 4.69) is 59.7 Å². The minimum Gasteiger partial charge on any atom is -0.418 e. The van der Waals surface area contributed by atoms with Crippen molar-refractivity contribution in [3.63, 3.8) is 0 Å². The lowest BCUT2D eigenvalue weighted by atomic mass is 9.86. The van der Waals surface area contributed by atoms with E-state index in [1.165, 1.54) is 5.56 Å². The summed E-state index contributed by atoms with van der Waals surface area (Å²) in [6.07, 6.45) is 0. The summed E-state index contributed by atoms with van der Waals surface area (Å²) >= 11 is 0. The van der Waals surface area contributed by atoms with Crippen LogP contribution in [0.3, 0.4) is 0 Å². The van der Waals surface area contributed by atoms with Gasteiger partial charge in [0.05, 0.1) is 0 Å². The SMILES string of the molecule is COP(Oc1ccc(C(C)(C)C)cc1)Oc1ccccc1C(C)(C)C. The maximum Gasteiger partial charge on any atom is 0.462 e. The summed E-state index contributed by atoms with van der Waals surface area (Å²) in [5.74, 6) is 1.54. The third-order valence-electron chi connectivity index (χ3n) is 3.92. The van der Waals surface area contributed by atoms with Gasteiger partial charge in [0.25, 0.3) is 0 Å². The van der Waals surface area contributed by atoms with Gasteiger partial charge in [-0.05, 0) is 34.6 Å². The smallest absolute Gasteiger partial charge is 0.418 e. The van der Waals surface area contributed by atoms with Gasteiger partial charge in [-0.25, -0.2) is 0 Å². The van der Waals surface area contributed by atoms with Crippen LogP contribution < -0.4 is 9.05 Å². The molecule has 0 saturated heterocycles. The molecule has 0 aliphatic heterocycles. The van der Waals surface area contributed by atoms with Crippen molar-refractivity contribution in [2.75, 3.05) is 7.11 Å². The third-order valence-corrected chi connectivity index (χ3v) is 4.92. The molecule has 0 bridgehead atoms. The summed E-state index contributed by atoms with van der Waals surface area (Å²) in [5.41, 5.74) is 2.50. The second-order valence-electron chi connectivity index (χ2n) is 8.11. The lowest BCUT2D eigenvalue weighted by molar-refractivity contribution is 0.320. The average Bonchev–Trinajstić information content (AvgIpc) is 2.53. The van der Waals surface area contributed by atoms with E-state index in [1.54, 1.807) is 7.11 Å². The predicted molar refractivity (Wildman–Crippen MR) is 105 cm³/mol. The van der Waals surface area contributed by atoms with Gasteiger partial charge in [-0.15, -0.1) is 0 Å². The van der Waals surface area contributed by atoms with Crippen LogP contribution in [0.5, 0.6) is 11.5 Å². The maximum atomic E-state index is 6.04. The molecule has 4 heteroatoms. The molecule has 2 aromatic rings. The molecular weight excluding hydrogens is 331 g/mol. The Balaban J connectivity index is 2.14. The highest BCUT2D eigenvalue weighted by atomic mass is 31.2. The summed E-state index contributed by atoms with van der Waals surface area (Å²) < 4.78 is 17.4. The molecule has 3 nitrogen and oxygen atoms in total. The van der Waals surface area contributed by atoms with Gasteiger partial charge in [0.15, 0.2) is 0 Å². The average molecular weight is 360 g/mol. The molecule has 0 N–H and O–H groups in total. The molecule has 0 amide bonds. The van der Waals surface area contributed by atoms with Crippen LogP contribution >= 0.6 is 8.60 Å². The molecule has 0 spiro atoms. The Kier molecular flexibility index (Phi) is 6.13. The molecule has 0 aliphatic rings. The topological polar surface area (TPSA) is 27.7 Å². The Morgan fingerprint density at radius 2 is 1.32 bits per heavy atom. The first kappa shape index (κ1) is 19.8. The summed E-state index contributed by atoms with van der Waals surface area (Å²) in [6.45, 7) is 13.1. The minimum absolute atomic E-state index is 0.0142. The number of hydrogen-bond donors (Lipinski definition) is 0. The van der Waals surface area contributed by atoms with Crippen molar-refractivity contribution in [3.8, 4) is 11.5 Å². The van der Waals surface area contributed by atoms with E-state index in [4.69, 9.17) is 13.6 Å². The highest BCUT2D eigenvalue weighted by molar-refractivity contribution is 7.42. The number of para-hydroxylation sites is 1. The molecule has 25 heavy (non-hydrogen) atoms. The molecular formula is C21H29O3P. The molecule has 0 radical (unpaired) electrons. The van der Waals surface area contributed by atoms with Gasteiger partial charge in [0.2, 0.25) is 0 Å². The molecule has 1 atom stereocenters. The fourth-order valence-corrected chi connectivity index (χ4v) is 3.24. The Morgan fingerprint density at radius 3 is 1.84 bits per heavy atom. The number of rotatable bonds is 5. The van der Waals surface area contributed by atoms with Gasteiger partial charge >= 0.3 is 8.60 Å². The summed E-state index contributed by atoms with van der Waals surface area (Å²) in [5, 5.41) is 0. The molecule has 0 aromatic heterocycles. The highest BCUT2D eigenvalue weighted by Gasteiger charge is 2.23. The molecule has 0 saturated carbocycles. The van der Waals surface area contributed by atoms with Crippen molar-refractivity contribution in [2.45, 2.75) is 52.4 Å². The molecule has 136 valence electrons. The molecule has 2 rings (SSSR count). The first-order valence-corrected chi connectivity index (χ1v) is 9.61. The van der Waals surface area contributed by atoms with Crippen LogP contribution in [0.25, 0.3) is 0 Å². The van der Waals surface area contributed by atoms with Gasteiger partial charge in [-0.2, -0.15) is 0 Å². The zero-order valence-corrected chi connectivity index (χ0v) is 17.2. The molecule has 2 aromatic carbocycles. The standard InChI is InChI=1S/C21H29O3P/c1-20(2,3)16-12-14-17(15-13-16)23-25(22-7)24-19-11-9-8-10-18(19)21(4,5)6/h8-15H,1-7H3. The second kappa shape index (κ2) is 7.76. The van der Waals surface area contributed by atoms with Gasteiger partial charge in [-0.3, -0.25) is 4.52 Å². The van der Waals surface area contributed by atoms with Crippen LogP contribution in [0.2, 0.25) is 0 Å². The molecule has 0 aliphatic carbocycles. The summed E-state index contributed by atoms with van der Waals surface area (Å²) in [6, 6.07) is 16.1. The van der Waals surface area contributed by atoms with Gasteiger partial charge in [0.1, 0.15) is 11.5 Å². The number of benzene rings is 2. The summed E-state index contributed by atoms with van der Waals surface area (Å²) in [4.78, 5) is 0. The number of hydrogen-bond acceptors (Lipinski definition) is 3. The van der Waals surface area contributed by atoms with E-state index < -0.39 is 8.60 Å². The van der Waals surface area contributed by atoms with Crippen molar-refractivity contribution in [3.05, 3.63) is 59.7 Å². The highest BCUT2D eigenvalue weighted by Crippen LogP contribution is 2.44. The minimum atomic E-state index is -1.51. The fourth-order valence-electron chi connectivity index (χ4n) is 2.44. The Hall–Kier alpha value is -1.57. The third kappa shape index (κ3) is 5.45. The lowest BCUT2D eigenvalue weighted by Crippen LogP contribution is -2.13. The van der Waals surface area contributed by atoms with E-state index in [1.807, 2.05) is 30.3 Å². The zero-order chi connectivity index (χ0) is 18.7. The van der Waals surface area contributed by atoms with Crippen molar-refractivity contribution in [2.24, 2.45) is 0 Å². The van der Waals surface area contributed by atoms with Crippen LogP contribution in [0.1, 0.15) is 52.7 Å². The van der Waals surface area contributed by atoms with E-state index in [-0.39, 0.29) is 10.8 Å². The van der Waals surface area contributed by atoms with Gasteiger partial charge < -0.3 is 9.05 Å². The monoisotopic (exact) mass is 360 g/mol. The Morgan fingerprint density at radius 1 is 0.720 bits per heavy atom. The van der Waals surface area contributed by atoms with Crippen molar-refractivity contribution < 1.29 is 13.6 Å². The predicted octanol–water partition coefficient (Wildman–Crippen LogP) is 6.61. The van der Waals surface area contributed by atoms with Crippen LogP contribution in [-0.2, 0) is 15.4 Å². The Labute approximate surface area is 153 Å². The van der Waals surface area contributed by atoms with Crippen LogP contribution in [0.15, 0.2) is 48.5 Å². The van der Waals surface area contributed by atoms with Crippen molar-refractivity contribution >= 4 is 8.60 Å². The Bertz CT molecular complexity index is 682. The summed E-state index contributed by atoms with van der Waals surface area (Å²) in [7, 11) is 0.0940. The fraction of sp³-hybridized carbons (Fsp3) is 0.429. The maximum absolute atomic E-state index is 6.04. The van der Waals surface area contributed by atoms with E-state index in [9.17, 15) is 0 Å². The first-order chi connectivity index (χ1) is 11.6. The second-order valence-corrected chi connectivity index (χ2v) is 9.29. The molecule has 0 fully saturated rings. The van der Waals surface area contributed by atoms with Gasteiger partial charge in [-0.1, -0.05) is 71.9 Å². The van der Waals surface area contributed by atoms with Crippen LogP contribution in [0, 0.1) is 0 Å².